The lowest BCUT2D eigenvalue weighted by molar-refractivity contribution is 0.694. The zero-order chi connectivity index (χ0) is 13.8. The quantitative estimate of drug-likeness (QED) is 0.886. The van der Waals surface area contributed by atoms with Crippen molar-refractivity contribution in [3.05, 3.63) is 69.7 Å². The van der Waals surface area contributed by atoms with Gasteiger partial charge in [-0.15, -0.1) is 0 Å². The van der Waals surface area contributed by atoms with Gasteiger partial charge in [-0.2, -0.15) is 0 Å². The fourth-order valence-electron chi connectivity index (χ4n) is 2.34. The summed E-state index contributed by atoms with van der Waals surface area (Å²) in [5, 5.41) is 0.807. The van der Waals surface area contributed by atoms with Crippen LogP contribution in [0.2, 0.25) is 5.02 Å². The third-order valence-corrected chi connectivity index (χ3v) is 4.03. The lowest BCUT2D eigenvalue weighted by atomic mass is 9.91. The molecule has 19 heavy (non-hydrogen) atoms. The Bertz CT molecular complexity index is 563. The summed E-state index contributed by atoms with van der Waals surface area (Å²) in [5.41, 5.74) is 11.0. The number of halogens is 1. The second kappa shape index (κ2) is 6.23. The van der Waals surface area contributed by atoms with Crippen LogP contribution in [0.5, 0.6) is 0 Å². The Morgan fingerprint density at radius 2 is 1.79 bits per heavy atom. The molecule has 1 atom stereocenters. The zero-order valence-corrected chi connectivity index (χ0v) is 12.2. The van der Waals surface area contributed by atoms with E-state index in [2.05, 4.69) is 38.1 Å². The number of aryl methyl sites for hydroxylation is 2. The molecule has 0 aliphatic heterocycles. The summed E-state index contributed by atoms with van der Waals surface area (Å²) in [6.45, 7) is 4.88. The van der Waals surface area contributed by atoms with Crippen molar-refractivity contribution in [3.8, 4) is 0 Å². The van der Waals surface area contributed by atoms with E-state index in [0.717, 1.165) is 17.0 Å². The second-order valence-electron chi connectivity index (χ2n) is 5.08. The van der Waals surface area contributed by atoms with Crippen LogP contribution < -0.4 is 5.73 Å². The molecule has 0 spiro atoms. The normalized spacial score (nSPS) is 12.4. The maximum Gasteiger partial charge on any atom is 0.0441 e. The molecule has 2 rings (SSSR count). The average molecular weight is 274 g/mol. The minimum Gasteiger partial charge on any atom is -0.330 e. The molecule has 100 valence electrons. The first-order chi connectivity index (χ1) is 9.11. The Balaban J connectivity index is 2.24. The van der Waals surface area contributed by atoms with Gasteiger partial charge in [0.2, 0.25) is 0 Å². The van der Waals surface area contributed by atoms with E-state index < -0.39 is 0 Å². The number of hydrogen-bond donors (Lipinski definition) is 1. The van der Waals surface area contributed by atoms with Gasteiger partial charge in [0.05, 0.1) is 0 Å². The van der Waals surface area contributed by atoms with Crippen molar-refractivity contribution >= 4 is 11.6 Å². The lowest BCUT2D eigenvalue weighted by Gasteiger charge is -2.17. The van der Waals surface area contributed by atoms with Crippen LogP contribution in [0.4, 0.5) is 0 Å². The molecule has 2 aromatic rings. The maximum absolute atomic E-state index is 6.26. The predicted molar refractivity (Wildman–Crippen MR) is 82.9 cm³/mol. The fourth-order valence-corrected chi connectivity index (χ4v) is 2.63. The van der Waals surface area contributed by atoms with Crippen LogP contribution in [0.1, 0.15) is 28.2 Å². The molecular weight excluding hydrogens is 254 g/mol. The molecule has 2 heteroatoms. The highest BCUT2D eigenvalue weighted by molar-refractivity contribution is 6.31. The molecule has 1 unspecified atom stereocenters. The molecule has 0 aliphatic rings. The molecule has 0 amide bonds. The molecule has 1 nitrogen and oxygen atoms in total. The van der Waals surface area contributed by atoms with Crippen LogP contribution in [-0.4, -0.2) is 6.54 Å². The predicted octanol–water partition coefficient (Wildman–Crippen LogP) is 4.24. The minimum atomic E-state index is 0.274. The summed E-state index contributed by atoms with van der Waals surface area (Å²) in [7, 11) is 0. The Kier molecular flexibility index (Phi) is 4.62. The minimum absolute atomic E-state index is 0.274. The zero-order valence-electron chi connectivity index (χ0n) is 11.5. The van der Waals surface area contributed by atoms with Crippen molar-refractivity contribution in [1.82, 2.24) is 0 Å². The van der Waals surface area contributed by atoms with E-state index in [9.17, 15) is 0 Å². The van der Waals surface area contributed by atoms with Crippen LogP contribution in [0.3, 0.4) is 0 Å². The smallest absolute Gasteiger partial charge is 0.0441 e. The SMILES string of the molecule is Cc1ccc(CC(CN)c2ccccc2Cl)cc1C. The summed E-state index contributed by atoms with van der Waals surface area (Å²) in [6, 6.07) is 14.6. The van der Waals surface area contributed by atoms with E-state index in [1.807, 2.05) is 18.2 Å². The average Bonchev–Trinajstić information content (AvgIpc) is 2.41. The Morgan fingerprint density at radius 3 is 2.42 bits per heavy atom. The standard InChI is InChI=1S/C17H20ClN/c1-12-7-8-14(9-13(12)2)10-15(11-19)16-5-3-4-6-17(16)18/h3-9,15H,10-11,19H2,1-2H3. The van der Waals surface area contributed by atoms with Gasteiger partial charge in [-0.1, -0.05) is 48.0 Å². The number of rotatable bonds is 4. The van der Waals surface area contributed by atoms with Crippen LogP contribution in [0.15, 0.2) is 42.5 Å². The van der Waals surface area contributed by atoms with Gasteiger partial charge in [0, 0.05) is 10.9 Å². The van der Waals surface area contributed by atoms with Crippen LogP contribution in [0.25, 0.3) is 0 Å². The van der Waals surface area contributed by atoms with Crippen molar-refractivity contribution in [1.29, 1.82) is 0 Å². The van der Waals surface area contributed by atoms with E-state index in [1.54, 1.807) is 0 Å². The van der Waals surface area contributed by atoms with Crippen LogP contribution in [-0.2, 0) is 6.42 Å². The first-order valence-electron chi connectivity index (χ1n) is 6.62. The van der Waals surface area contributed by atoms with Crippen molar-refractivity contribution in [3.63, 3.8) is 0 Å². The van der Waals surface area contributed by atoms with Crippen molar-refractivity contribution in [2.24, 2.45) is 5.73 Å². The summed E-state index contributed by atoms with van der Waals surface area (Å²) < 4.78 is 0. The molecule has 2 aromatic carbocycles. The van der Waals surface area contributed by atoms with Gasteiger partial charge in [0.25, 0.3) is 0 Å². The summed E-state index contributed by atoms with van der Waals surface area (Å²) >= 11 is 6.26. The first-order valence-corrected chi connectivity index (χ1v) is 7.00. The molecule has 0 saturated heterocycles. The van der Waals surface area contributed by atoms with Crippen LogP contribution in [0, 0.1) is 13.8 Å². The molecule has 0 saturated carbocycles. The monoisotopic (exact) mass is 273 g/mol. The van der Waals surface area contributed by atoms with Crippen LogP contribution >= 0.6 is 11.6 Å². The Labute approximate surface area is 120 Å². The van der Waals surface area contributed by atoms with Crippen molar-refractivity contribution < 1.29 is 0 Å². The largest absolute Gasteiger partial charge is 0.330 e. The molecule has 0 bridgehead atoms. The number of benzene rings is 2. The van der Waals surface area contributed by atoms with Gasteiger partial charge in [-0.3, -0.25) is 0 Å². The molecule has 0 fully saturated rings. The first kappa shape index (κ1) is 14.1. The fraction of sp³-hybridized carbons (Fsp3) is 0.294. The van der Waals surface area contributed by atoms with Gasteiger partial charge in [-0.25, -0.2) is 0 Å². The lowest BCUT2D eigenvalue weighted by Crippen LogP contribution is -2.15. The molecule has 2 N–H and O–H groups in total. The van der Waals surface area contributed by atoms with Crippen molar-refractivity contribution in [2.75, 3.05) is 6.54 Å². The topological polar surface area (TPSA) is 26.0 Å². The van der Waals surface area contributed by atoms with Crippen molar-refractivity contribution in [2.45, 2.75) is 26.2 Å². The highest BCUT2D eigenvalue weighted by Crippen LogP contribution is 2.27. The van der Waals surface area contributed by atoms with Gasteiger partial charge < -0.3 is 5.73 Å². The van der Waals surface area contributed by atoms with Gasteiger partial charge in [0.1, 0.15) is 0 Å². The highest BCUT2D eigenvalue weighted by Gasteiger charge is 2.13. The highest BCUT2D eigenvalue weighted by atomic mass is 35.5. The van der Waals surface area contributed by atoms with Gasteiger partial charge >= 0.3 is 0 Å². The van der Waals surface area contributed by atoms with E-state index in [4.69, 9.17) is 17.3 Å². The Hall–Kier alpha value is -1.31. The third-order valence-electron chi connectivity index (χ3n) is 3.68. The van der Waals surface area contributed by atoms with E-state index in [-0.39, 0.29) is 5.92 Å². The Morgan fingerprint density at radius 1 is 1.05 bits per heavy atom. The molecule has 0 aromatic heterocycles. The number of nitrogens with two attached hydrogens (primary N) is 1. The summed E-state index contributed by atoms with van der Waals surface area (Å²) in [4.78, 5) is 0. The molecule has 0 aliphatic carbocycles. The molecule has 0 heterocycles. The van der Waals surface area contributed by atoms with E-state index >= 15 is 0 Å². The summed E-state index contributed by atoms with van der Waals surface area (Å²) in [6.07, 6.45) is 0.932. The molecular formula is C17H20ClN. The van der Waals surface area contributed by atoms with E-state index in [0.29, 0.717) is 6.54 Å². The molecule has 0 radical (unpaired) electrons. The van der Waals surface area contributed by atoms with E-state index in [1.165, 1.54) is 16.7 Å². The maximum atomic E-state index is 6.26. The second-order valence-corrected chi connectivity index (χ2v) is 5.48. The third kappa shape index (κ3) is 3.37. The van der Waals surface area contributed by atoms with Gasteiger partial charge in [0.15, 0.2) is 0 Å². The summed E-state index contributed by atoms with van der Waals surface area (Å²) in [5.74, 6) is 0.274. The van der Waals surface area contributed by atoms with Gasteiger partial charge in [-0.05, 0) is 55.1 Å². The number of hydrogen-bond acceptors (Lipinski definition) is 1.